The number of rotatable bonds is 5. The minimum Gasteiger partial charge on any atom is -0.310 e. The predicted octanol–water partition coefficient (Wildman–Crippen LogP) is 3.54. The second kappa shape index (κ2) is 5.13. The van der Waals surface area contributed by atoms with Gasteiger partial charge < -0.3 is 5.32 Å². The van der Waals surface area contributed by atoms with Gasteiger partial charge in [0.25, 0.3) is 0 Å². The molecule has 4 rings (SSSR count). The molecule has 1 nitrogen and oxygen atoms in total. The maximum Gasteiger partial charge on any atom is 0.0132 e. The number of hydrogen-bond donors (Lipinski definition) is 1. The molecule has 4 aliphatic carbocycles. The van der Waals surface area contributed by atoms with E-state index in [1.165, 1.54) is 37.2 Å². The Bertz CT molecular complexity index is 238. The number of nitrogens with one attached hydrogen (secondary N) is 1. The Morgan fingerprint density at radius 2 is 1.65 bits per heavy atom. The molecule has 0 spiro atoms. The topological polar surface area (TPSA) is 12.0 Å². The summed E-state index contributed by atoms with van der Waals surface area (Å²) in [5.41, 5.74) is 0. The van der Waals surface area contributed by atoms with Crippen molar-refractivity contribution in [2.24, 2.45) is 23.7 Å². The van der Waals surface area contributed by atoms with E-state index in [0.29, 0.717) is 6.04 Å². The van der Waals surface area contributed by atoms with Gasteiger partial charge in [-0.2, -0.15) is 11.8 Å². The van der Waals surface area contributed by atoms with Crippen LogP contribution in [0, 0.1) is 23.7 Å². The lowest BCUT2D eigenvalue weighted by Crippen LogP contribution is -2.56. The zero-order chi connectivity index (χ0) is 11.8. The number of thioether (sulfide) groups is 1. The van der Waals surface area contributed by atoms with Crippen molar-refractivity contribution in [3.8, 4) is 0 Å². The summed E-state index contributed by atoms with van der Waals surface area (Å²) in [5.74, 6) is 6.82. The monoisotopic (exact) mass is 253 g/mol. The molecule has 0 heterocycles. The third-order valence-electron chi connectivity index (χ3n) is 5.28. The summed E-state index contributed by atoms with van der Waals surface area (Å²) >= 11 is 2.08. The Morgan fingerprint density at radius 1 is 1.06 bits per heavy atom. The molecule has 0 saturated heterocycles. The van der Waals surface area contributed by atoms with E-state index in [-0.39, 0.29) is 0 Å². The molecular weight excluding hydrogens is 226 g/mol. The first-order valence-corrected chi connectivity index (χ1v) is 8.75. The molecule has 0 amide bonds. The van der Waals surface area contributed by atoms with E-state index in [1.54, 1.807) is 6.42 Å². The van der Waals surface area contributed by atoms with E-state index in [9.17, 15) is 0 Å². The zero-order valence-corrected chi connectivity index (χ0v) is 12.1. The molecule has 0 radical (unpaired) electrons. The van der Waals surface area contributed by atoms with Crippen LogP contribution in [0.15, 0.2) is 0 Å². The van der Waals surface area contributed by atoms with Crippen molar-refractivity contribution in [2.45, 2.75) is 58.0 Å². The second-order valence-electron chi connectivity index (χ2n) is 6.68. The van der Waals surface area contributed by atoms with E-state index in [0.717, 1.165) is 29.7 Å². The van der Waals surface area contributed by atoms with Gasteiger partial charge in [-0.25, -0.2) is 0 Å². The fraction of sp³-hybridized carbons (Fsp3) is 1.00. The fourth-order valence-corrected chi connectivity index (χ4v) is 5.55. The second-order valence-corrected chi connectivity index (χ2v) is 8.00. The summed E-state index contributed by atoms with van der Waals surface area (Å²) in [5, 5.41) is 3.98. The zero-order valence-electron chi connectivity index (χ0n) is 11.3. The highest BCUT2D eigenvalue weighted by Gasteiger charge is 2.48. The summed E-state index contributed by atoms with van der Waals surface area (Å²) in [6.07, 6.45) is 7.73. The minimum atomic E-state index is 0.711. The van der Waals surface area contributed by atoms with Crippen molar-refractivity contribution in [3.63, 3.8) is 0 Å². The van der Waals surface area contributed by atoms with Gasteiger partial charge in [0.05, 0.1) is 0 Å². The summed E-state index contributed by atoms with van der Waals surface area (Å²) < 4.78 is 0. The maximum atomic E-state index is 3.98. The van der Waals surface area contributed by atoms with Gasteiger partial charge in [0.15, 0.2) is 0 Å². The first-order valence-electron chi connectivity index (χ1n) is 7.60. The van der Waals surface area contributed by atoms with Crippen LogP contribution in [0.2, 0.25) is 0 Å². The molecule has 1 atom stereocenters. The molecule has 0 aromatic rings. The summed E-state index contributed by atoms with van der Waals surface area (Å²) in [7, 11) is 0. The molecule has 4 saturated carbocycles. The Hall–Kier alpha value is 0.310. The van der Waals surface area contributed by atoms with Gasteiger partial charge in [-0.05, 0) is 68.5 Å². The lowest BCUT2D eigenvalue weighted by molar-refractivity contribution is -0.0161. The molecular formula is C15H27NS. The van der Waals surface area contributed by atoms with E-state index >= 15 is 0 Å². The van der Waals surface area contributed by atoms with E-state index in [1.807, 2.05) is 0 Å². The number of hydrogen-bond acceptors (Lipinski definition) is 2. The van der Waals surface area contributed by atoms with Crippen LogP contribution in [0.1, 0.15) is 46.0 Å². The van der Waals surface area contributed by atoms with Crippen LogP contribution in [-0.2, 0) is 0 Å². The molecule has 1 N–H and O–H groups in total. The Labute approximate surface area is 111 Å². The van der Waals surface area contributed by atoms with Crippen molar-refractivity contribution in [3.05, 3.63) is 0 Å². The average molecular weight is 253 g/mol. The average Bonchev–Trinajstić information content (AvgIpc) is 2.30. The Morgan fingerprint density at radius 3 is 2.18 bits per heavy atom. The molecule has 0 aromatic carbocycles. The van der Waals surface area contributed by atoms with E-state index < -0.39 is 0 Å². The maximum absolute atomic E-state index is 3.98. The van der Waals surface area contributed by atoms with Crippen molar-refractivity contribution >= 4 is 11.8 Å². The van der Waals surface area contributed by atoms with E-state index in [4.69, 9.17) is 0 Å². The van der Waals surface area contributed by atoms with Gasteiger partial charge in [0.1, 0.15) is 0 Å². The van der Waals surface area contributed by atoms with Crippen LogP contribution in [0.3, 0.4) is 0 Å². The van der Waals surface area contributed by atoms with Crippen molar-refractivity contribution < 1.29 is 0 Å². The highest BCUT2D eigenvalue weighted by Crippen LogP contribution is 2.53. The lowest BCUT2D eigenvalue weighted by atomic mass is 9.54. The van der Waals surface area contributed by atoms with Gasteiger partial charge in [0.2, 0.25) is 0 Å². The molecule has 4 aliphatic rings. The third kappa shape index (κ3) is 2.53. The Kier molecular flexibility index (Phi) is 3.72. The van der Waals surface area contributed by atoms with Crippen molar-refractivity contribution in [1.29, 1.82) is 0 Å². The Balaban J connectivity index is 1.57. The first kappa shape index (κ1) is 12.3. The fourth-order valence-electron chi connectivity index (χ4n) is 4.87. The van der Waals surface area contributed by atoms with Gasteiger partial charge in [-0.15, -0.1) is 0 Å². The van der Waals surface area contributed by atoms with Crippen molar-refractivity contribution in [1.82, 2.24) is 5.32 Å². The molecule has 4 fully saturated rings. The first-order chi connectivity index (χ1) is 8.26. The van der Waals surface area contributed by atoms with Gasteiger partial charge in [-0.1, -0.05) is 6.92 Å². The summed E-state index contributed by atoms with van der Waals surface area (Å²) in [6, 6.07) is 1.58. The molecule has 2 heteroatoms. The molecule has 1 unspecified atom stereocenters. The smallest absolute Gasteiger partial charge is 0.0132 e. The lowest BCUT2D eigenvalue weighted by Gasteiger charge is -2.55. The van der Waals surface area contributed by atoms with Crippen LogP contribution in [-0.4, -0.2) is 23.6 Å². The predicted molar refractivity (Wildman–Crippen MR) is 76.4 cm³/mol. The summed E-state index contributed by atoms with van der Waals surface area (Å²) in [6.45, 7) is 4.65. The summed E-state index contributed by atoms with van der Waals surface area (Å²) in [4.78, 5) is 0. The van der Waals surface area contributed by atoms with Crippen LogP contribution < -0.4 is 5.32 Å². The van der Waals surface area contributed by atoms with Crippen LogP contribution in [0.25, 0.3) is 0 Å². The SMILES string of the molecule is CCSCC(C)NC1C2CC3CC(C2)CC1C3. The highest BCUT2D eigenvalue weighted by atomic mass is 32.2. The largest absolute Gasteiger partial charge is 0.310 e. The minimum absolute atomic E-state index is 0.711. The third-order valence-corrected chi connectivity index (χ3v) is 6.42. The van der Waals surface area contributed by atoms with Crippen molar-refractivity contribution in [2.75, 3.05) is 11.5 Å². The van der Waals surface area contributed by atoms with Gasteiger partial charge in [-0.3, -0.25) is 0 Å². The van der Waals surface area contributed by atoms with E-state index in [2.05, 4.69) is 30.9 Å². The molecule has 0 aromatic heterocycles. The standard InChI is InChI=1S/C15H27NS/c1-3-17-9-10(2)16-15-13-5-11-4-12(7-13)8-14(15)6-11/h10-16H,3-9H2,1-2H3. The quantitative estimate of drug-likeness (QED) is 0.804. The molecule has 4 bridgehead atoms. The highest BCUT2D eigenvalue weighted by molar-refractivity contribution is 7.99. The van der Waals surface area contributed by atoms with Gasteiger partial charge in [0, 0.05) is 17.8 Å². The van der Waals surface area contributed by atoms with Crippen LogP contribution in [0.5, 0.6) is 0 Å². The van der Waals surface area contributed by atoms with Crippen LogP contribution in [0.4, 0.5) is 0 Å². The molecule has 98 valence electrons. The molecule has 17 heavy (non-hydrogen) atoms. The van der Waals surface area contributed by atoms with Crippen LogP contribution >= 0.6 is 11.8 Å². The van der Waals surface area contributed by atoms with Gasteiger partial charge >= 0.3 is 0 Å². The molecule has 0 aliphatic heterocycles. The normalized spacial score (nSPS) is 45.2.